The summed E-state index contributed by atoms with van der Waals surface area (Å²) in [7, 11) is 1.76. The van der Waals surface area contributed by atoms with Gasteiger partial charge in [-0.05, 0) is 30.9 Å². The van der Waals surface area contributed by atoms with E-state index in [-0.39, 0.29) is 12.5 Å². The van der Waals surface area contributed by atoms with Crippen LogP contribution in [0, 0.1) is 5.92 Å². The highest BCUT2D eigenvalue weighted by Gasteiger charge is 2.37. The van der Waals surface area contributed by atoms with Gasteiger partial charge in [0.05, 0.1) is 12.2 Å². The van der Waals surface area contributed by atoms with Crippen molar-refractivity contribution in [1.82, 2.24) is 25.1 Å². The van der Waals surface area contributed by atoms with Crippen molar-refractivity contribution in [2.24, 2.45) is 13.0 Å². The fraction of sp³-hybridized carbons (Fsp3) is 0.556. The average molecular weight is 358 g/mol. The second kappa shape index (κ2) is 7.41. The van der Waals surface area contributed by atoms with Crippen LogP contribution in [0.4, 0.5) is 5.95 Å². The van der Waals surface area contributed by atoms with E-state index in [1.807, 2.05) is 11.0 Å². The summed E-state index contributed by atoms with van der Waals surface area (Å²) in [5, 5.41) is 18.0. The predicted molar refractivity (Wildman–Crippen MR) is 97.9 cm³/mol. The lowest BCUT2D eigenvalue weighted by Gasteiger charge is -2.23. The highest BCUT2D eigenvalue weighted by atomic mass is 16.3. The molecule has 1 aliphatic rings. The van der Waals surface area contributed by atoms with Gasteiger partial charge in [0.2, 0.25) is 5.95 Å². The molecule has 3 heterocycles. The van der Waals surface area contributed by atoms with Crippen molar-refractivity contribution in [1.29, 1.82) is 0 Å². The fourth-order valence-corrected chi connectivity index (χ4v) is 3.22. The van der Waals surface area contributed by atoms with Gasteiger partial charge in [0, 0.05) is 32.5 Å². The number of aryl methyl sites for hydroxylation is 1. The van der Waals surface area contributed by atoms with Gasteiger partial charge in [0.15, 0.2) is 0 Å². The SMILES string of the molecule is CC(C)Cc1cc(C(=O)NC[C@@]2(O)CCN(c3ncccn3)C2)n(C)n1. The quantitative estimate of drug-likeness (QED) is 0.792. The van der Waals surface area contributed by atoms with Crippen LogP contribution in [0.5, 0.6) is 0 Å². The molecule has 0 saturated carbocycles. The number of hydrogen-bond donors (Lipinski definition) is 2. The van der Waals surface area contributed by atoms with Gasteiger partial charge in [-0.3, -0.25) is 9.48 Å². The Morgan fingerprint density at radius 3 is 2.81 bits per heavy atom. The third kappa shape index (κ3) is 4.19. The Labute approximate surface area is 153 Å². The molecule has 140 valence electrons. The molecule has 0 aliphatic carbocycles. The van der Waals surface area contributed by atoms with E-state index in [4.69, 9.17) is 0 Å². The lowest BCUT2D eigenvalue weighted by atomic mass is 10.0. The maximum Gasteiger partial charge on any atom is 0.269 e. The molecule has 0 unspecified atom stereocenters. The van der Waals surface area contributed by atoms with Gasteiger partial charge >= 0.3 is 0 Å². The number of amides is 1. The van der Waals surface area contributed by atoms with E-state index < -0.39 is 5.60 Å². The van der Waals surface area contributed by atoms with Crippen LogP contribution in [-0.4, -0.2) is 56.0 Å². The van der Waals surface area contributed by atoms with Crippen LogP contribution >= 0.6 is 0 Å². The van der Waals surface area contributed by atoms with Gasteiger partial charge in [-0.1, -0.05) is 13.8 Å². The first kappa shape index (κ1) is 18.3. The molecule has 0 bridgehead atoms. The third-order valence-corrected chi connectivity index (χ3v) is 4.53. The van der Waals surface area contributed by atoms with Gasteiger partial charge in [-0.25, -0.2) is 9.97 Å². The molecule has 1 saturated heterocycles. The lowest BCUT2D eigenvalue weighted by Crippen LogP contribution is -2.45. The van der Waals surface area contributed by atoms with E-state index in [1.54, 1.807) is 30.2 Å². The molecule has 0 spiro atoms. The summed E-state index contributed by atoms with van der Waals surface area (Å²) >= 11 is 0. The first-order valence-electron chi connectivity index (χ1n) is 8.92. The van der Waals surface area contributed by atoms with Gasteiger partial charge in [0.25, 0.3) is 5.91 Å². The minimum absolute atomic E-state index is 0.180. The predicted octanol–water partition coefficient (Wildman–Crippen LogP) is 0.780. The maximum atomic E-state index is 12.5. The number of carbonyl (C=O) groups is 1. The zero-order valence-corrected chi connectivity index (χ0v) is 15.5. The summed E-state index contributed by atoms with van der Waals surface area (Å²) in [5.74, 6) is 0.851. The monoisotopic (exact) mass is 358 g/mol. The minimum Gasteiger partial charge on any atom is -0.386 e. The molecule has 2 N–H and O–H groups in total. The van der Waals surface area contributed by atoms with Crippen LogP contribution < -0.4 is 10.2 Å². The number of anilines is 1. The molecule has 2 aromatic rings. The molecule has 1 amide bonds. The van der Waals surface area contributed by atoms with E-state index in [0.717, 1.165) is 12.1 Å². The van der Waals surface area contributed by atoms with Crippen LogP contribution in [0.3, 0.4) is 0 Å². The number of hydrogen-bond acceptors (Lipinski definition) is 6. The van der Waals surface area contributed by atoms with Crippen molar-refractivity contribution in [3.8, 4) is 0 Å². The second-order valence-electron chi connectivity index (χ2n) is 7.37. The number of rotatable bonds is 6. The van der Waals surface area contributed by atoms with Crippen molar-refractivity contribution in [3.63, 3.8) is 0 Å². The number of aliphatic hydroxyl groups is 1. The van der Waals surface area contributed by atoms with Crippen LogP contribution in [0.15, 0.2) is 24.5 Å². The molecule has 26 heavy (non-hydrogen) atoms. The average Bonchev–Trinajstić information content (AvgIpc) is 3.17. The molecule has 8 nitrogen and oxygen atoms in total. The van der Waals surface area contributed by atoms with E-state index in [2.05, 4.69) is 34.2 Å². The fourth-order valence-electron chi connectivity index (χ4n) is 3.22. The van der Waals surface area contributed by atoms with E-state index >= 15 is 0 Å². The number of aromatic nitrogens is 4. The first-order valence-corrected chi connectivity index (χ1v) is 8.92. The highest BCUT2D eigenvalue weighted by Crippen LogP contribution is 2.23. The smallest absolute Gasteiger partial charge is 0.269 e. The van der Waals surface area contributed by atoms with Gasteiger partial charge in [-0.2, -0.15) is 5.10 Å². The van der Waals surface area contributed by atoms with E-state index in [1.165, 1.54) is 0 Å². The molecule has 0 radical (unpaired) electrons. The molecule has 1 aliphatic heterocycles. The van der Waals surface area contributed by atoms with Crippen molar-refractivity contribution < 1.29 is 9.90 Å². The van der Waals surface area contributed by atoms with Crippen molar-refractivity contribution >= 4 is 11.9 Å². The largest absolute Gasteiger partial charge is 0.386 e. The van der Waals surface area contributed by atoms with E-state index in [9.17, 15) is 9.90 Å². The first-order chi connectivity index (χ1) is 12.4. The molecule has 3 rings (SSSR count). The Balaban J connectivity index is 1.58. The summed E-state index contributed by atoms with van der Waals surface area (Å²) in [6, 6.07) is 3.57. The summed E-state index contributed by atoms with van der Waals surface area (Å²) < 4.78 is 1.59. The second-order valence-corrected chi connectivity index (χ2v) is 7.37. The summed E-state index contributed by atoms with van der Waals surface area (Å²) in [6.07, 6.45) is 4.74. The lowest BCUT2D eigenvalue weighted by molar-refractivity contribution is 0.0572. The number of nitrogens with one attached hydrogen (secondary N) is 1. The molecule has 0 aromatic carbocycles. The van der Waals surface area contributed by atoms with Crippen LogP contribution in [0.2, 0.25) is 0 Å². The summed E-state index contributed by atoms with van der Waals surface area (Å²) in [4.78, 5) is 22.8. The zero-order valence-electron chi connectivity index (χ0n) is 15.5. The number of nitrogens with zero attached hydrogens (tertiary/aromatic N) is 5. The normalized spacial score (nSPS) is 20.0. The number of β-amino-alcohol motifs (C(OH)–C–C–N with tert-alkyl or cyclic N) is 1. The van der Waals surface area contributed by atoms with Crippen molar-refractivity contribution in [2.45, 2.75) is 32.3 Å². The zero-order chi connectivity index (χ0) is 18.7. The Kier molecular flexibility index (Phi) is 5.22. The Morgan fingerprint density at radius 2 is 2.12 bits per heavy atom. The third-order valence-electron chi connectivity index (χ3n) is 4.53. The Bertz CT molecular complexity index is 760. The highest BCUT2D eigenvalue weighted by molar-refractivity contribution is 5.92. The van der Waals surface area contributed by atoms with Crippen molar-refractivity contribution in [3.05, 3.63) is 35.9 Å². The molecule has 2 aromatic heterocycles. The Morgan fingerprint density at radius 1 is 1.38 bits per heavy atom. The van der Waals surface area contributed by atoms with Crippen LogP contribution in [0.25, 0.3) is 0 Å². The molecule has 1 fully saturated rings. The maximum absolute atomic E-state index is 12.5. The summed E-state index contributed by atoms with van der Waals surface area (Å²) in [5.41, 5.74) is 0.416. The molecule has 8 heteroatoms. The number of carbonyl (C=O) groups excluding carboxylic acids is 1. The molecular weight excluding hydrogens is 332 g/mol. The van der Waals surface area contributed by atoms with E-state index in [0.29, 0.717) is 37.1 Å². The Hall–Kier alpha value is -2.48. The molecular formula is C18H26N6O2. The van der Waals surface area contributed by atoms with Gasteiger partial charge in [-0.15, -0.1) is 0 Å². The standard InChI is InChI=1S/C18H26N6O2/c1-13(2)9-14-10-15(23(3)22-14)16(25)21-11-18(26)5-8-24(12-18)17-19-6-4-7-20-17/h4,6-7,10,13,26H,5,8-9,11-12H2,1-3H3,(H,21,25)/t18-/m0/s1. The van der Waals surface area contributed by atoms with Crippen molar-refractivity contribution in [2.75, 3.05) is 24.5 Å². The van der Waals surface area contributed by atoms with Gasteiger partial charge in [0.1, 0.15) is 11.3 Å². The van der Waals surface area contributed by atoms with Crippen LogP contribution in [0.1, 0.15) is 36.5 Å². The van der Waals surface area contributed by atoms with Crippen LogP contribution in [-0.2, 0) is 13.5 Å². The summed E-state index contributed by atoms with van der Waals surface area (Å²) in [6.45, 7) is 5.46. The topological polar surface area (TPSA) is 96.2 Å². The van der Waals surface area contributed by atoms with Gasteiger partial charge < -0.3 is 15.3 Å². The molecule has 1 atom stereocenters. The minimum atomic E-state index is -0.992.